The van der Waals surface area contributed by atoms with E-state index in [0.717, 1.165) is 81.5 Å². The molecular weight excluding hydrogens is 460 g/mol. The Bertz CT molecular complexity index is 1160. The van der Waals surface area contributed by atoms with Gasteiger partial charge in [-0.3, -0.25) is 9.59 Å². The lowest BCUT2D eigenvalue weighted by Gasteiger charge is -2.44. The van der Waals surface area contributed by atoms with Crippen LogP contribution in [0.1, 0.15) is 101 Å². The van der Waals surface area contributed by atoms with Crippen molar-refractivity contribution in [2.45, 2.75) is 96.1 Å². The summed E-state index contributed by atoms with van der Waals surface area (Å²) in [6.07, 6.45) is 11.4. The van der Waals surface area contributed by atoms with Gasteiger partial charge in [0, 0.05) is 50.3 Å². The summed E-state index contributed by atoms with van der Waals surface area (Å²) in [5.74, 6) is 14.1. The van der Waals surface area contributed by atoms with Crippen molar-refractivity contribution in [3.05, 3.63) is 48.5 Å². The molecule has 1 spiro atoms. The molecule has 1 aromatic heterocycles. The Hall–Kier alpha value is -3.18. The predicted octanol–water partition coefficient (Wildman–Crippen LogP) is 5.93. The Kier molecular flexibility index (Phi) is 8.65. The quantitative estimate of drug-likeness (QED) is 0.215. The van der Waals surface area contributed by atoms with E-state index < -0.39 is 5.41 Å². The van der Waals surface area contributed by atoms with E-state index in [0.29, 0.717) is 12.8 Å². The van der Waals surface area contributed by atoms with Gasteiger partial charge in [-0.1, -0.05) is 12.2 Å². The van der Waals surface area contributed by atoms with Gasteiger partial charge in [-0.2, -0.15) is 0 Å². The second-order valence-corrected chi connectivity index (χ2v) is 10.4. The minimum Gasteiger partial charge on any atom is -0.463 e. The first-order valence-electron chi connectivity index (χ1n) is 13.8. The van der Waals surface area contributed by atoms with Crippen LogP contribution < -0.4 is 0 Å². The minimum absolute atomic E-state index is 0.0605. The van der Waals surface area contributed by atoms with Crippen molar-refractivity contribution in [1.29, 1.82) is 0 Å². The fourth-order valence-corrected chi connectivity index (χ4v) is 6.71. The molecule has 0 aromatic carbocycles. The molecule has 196 valence electrons. The van der Waals surface area contributed by atoms with E-state index in [4.69, 9.17) is 4.42 Å². The zero-order valence-electron chi connectivity index (χ0n) is 22.5. The van der Waals surface area contributed by atoms with Gasteiger partial charge < -0.3 is 14.2 Å². The Morgan fingerprint density at radius 2 is 1.97 bits per heavy atom. The van der Waals surface area contributed by atoms with Gasteiger partial charge >= 0.3 is 0 Å². The Morgan fingerprint density at radius 1 is 1.19 bits per heavy atom. The van der Waals surface area contributed by atoms with Gasteiger partial charge in [0.2, 0.25) is 11.8 Å². The summed E-state index contributed by atoms with van der Waals surface area (Å²) in [5.41, 5.74) is 0.451. The zero-order chi connectivity index (χ0) is 26.4. The van der Waals surface area contributed by atoms with Gasteiger partial charge in [-0.05, 0) is 58.4 Å². The number of rotatable bonds is 11. The van der Waals surface area contributed by atoms with Gasteiger partial charge in [0.15, 0.2) is 0 Å². The molecule has 1 aliphatic carbocycles. The number of likely N-dealkylation sites (tertiary alicyclic amines) is 2. The monoisotopic (exact) mass is 500 g/mol. The number of piperidine rings is 1. The van der Waals surface area contributed by atoms with Gasteiger partial charge in [-0.15, -0.1) is 36.8 Å². The molecule has 4 atom stereocenters. The highest BCUT2D eigenvalue weighted by Gasteiger charge is 2.69. The van der Waals surface area contributed by atoms with Crippen molar-refractivity contribution < 1.29 is 14.0 Å². The number of hydrogen-bond donors (Lipinski definition) is 0. The van der Waals surface area contributed by atoms with Crippen molar-refractivity contribution in [2.24, 2.45) is 5.41 Å². The van der Waals surface area contributed by atoms with Crippen LogP contribution in [0.3, 0.4) is 0 Å². The number of allylic oxidation sites excluding steroid dienone is 1. The van der Waals surface area contributed by atoms with Gasteiger partial charge in [0.1, 0.15) is 17.6 Å². The van der Waals surface area contributed by atoms with Crippen LogP contribution in [0.15, 0.2) is 35.8 Å². The molecule has 2 saturated heterocycles. The second kappa shape index (κ2) is 11.9. The summed E-state index contributed by atoms with van der Waals surface area (Å²) in [7, 11) is 0. The Morgan fingerprint density at radius 3 is 2.70 bits per heavy atom. The number of furan rings is 1. The van der Waals surface area contributed by atoms with E-state index in [-0.39, 0.29) is 29.8 Å². The van der Waals surface area contributed by atoms with Crippen LogP contribution >= 0.6 is 0 Å². The molecule has 2 amide bonds. The highest BCUT2D eigenvalue weighted by atomic mass is 16.3. The van der Waals surface area contributed by atoms with Crippen LogP contribution in [-0.4, -0.2) is 40.7 Å². The van der Waals surface area contributed by atoms with Gasteiger partial charge in [0.25, 0.3) is 0 Å². The highest BCUT2D eigenvalue weighted by molar-refractivity contribution is 5.90. The SMILES string of the molecule is C=CCCCC(=O)N1C(C=C)C[C@]23C(=O)N(CCCCC#CC)CC[C@H]2c2cc(CCC#CC)oc2[C@H]13. The highest BCUT2D eigenvalue weighted by Crippen LogP contribution is 2.67. The molecule has 2 aliphatic heterocycles. The summed E-state index contributed by atoms with van der Waals surface area (Å²) in [4.78, 5) is 31.9. The lowest BCUT2D eigenvalue weighted by molar-refractivity contribution is -0.151. The average Bonchev–Trinajstić information content (AvgIpc) is 3.52. The molecular formula is C32H40N2O3. The van der Waals surface area contributed by atoms with E-state index in [9.17, 15) is 9.59 Å². The molecule has 5 heteroatoms. The van der Waals surface area contributed by atoms with Crippen molar-refractivity contribution in [2.75, 3.05) is 13.1 Å². The van der Waals surface area contributed by atoms with Gasteiger partial charge in [0.05, 0.1) is 11.5 Å². The third kappa shape index (κ3) is 4.89. The largest absolute Gasteiger partial charge is 0.463 e. The van der Waals surface area contributed by atoms with Crippen molar-refractivity contribution >= 4 is 11.8 Å². The lowest BCUT2D eigenvalue weighted by Crippen LogP contribution is -2.53. The number of amides is 2. The first-order chi connectivity index (χ1) is 18.0. The maximum Gasteiger partial charge on any atom is 0.232 e. The molecule has 3 heterocycles. The van der Waals surface area contributed by atoms with E-state index in [1.54, 1.807) is 0 Å². The van der Waals surface area contributed by atoms with E-state index in [1.165, 1.54) is 0 Å². The average molecular weight is 501 g/mol. The molecule has 0 saturated carbocycles. The number of carbonyl (C=O) groups excluding carboxylic acids is 2. The zero-order valence-corrected chi connectivity index (χ0v) is 22.5. The number of fused-ring (bicyclic) bond motifs is 3. The number of unbranched alkanes of at least 4 members (excludes halogenated alkanes) is 3. The van der Waals surface area contributed by atoms with Crippen molar-refractivity contribution in [1.82, 2.24) is 9.80 Å². The third-order valence-electron chi connectivity index (χ3n) is 8.32. The molecule has 0 radical (unpaired) electrons. The van der Waals surface area contributed by atoms with E-state index >= 15 is 0 Å². The van der Waals surface area contributed by atoms with E-state index in [1.807, 2.05) is 35.8 Å². The van der Waals surface area contributed by atoms with Crippen LogP contribution in [0.5, 0.6) is 0 Å². The molecule has 2 fully saturated rings. The van der Waals surface area contributed by atoms with Crippen LogP contribution in [0.4, 0.5) is 0 Å². The first kappa shape index (κ1) is 26.9. The van der Waals surface area contributed by atoms with E-state index in [2.05, 4.69) is 42.9 Å². The molecule has 0 bridgehead atoms. The molecule has 3 aliphatic rings. The molecule has 5 nitrogen and oxygen atoms in total. The second-order valence-electron chi connectivity index (χ2n) is 10.4. The maximum atomic E-state index is 14.3. The first-order valence-corrected chi connectivity index (χ1v) is 13.8. The topological polar surface area (TPSA) is 53.8 Å². The molecule has 1 unspecified atom stereocenters. The molecule has 37 heavy (non-hydrogen) atoms. The summed E-state index contributed by atoms with van der Waals surface area (Å²) in [5, 5.41) is 0. The molecule has 4 rings (SSSR count). The summed E-state index contributed by atoms with van der Waals surface area (Å²) >= 11 is 0. The van der Waals surface area contributed by atoms with Crippen LogP contribution in [0.25, 0.3) is 0 Å². The molecule has 1 aromatic rings. The van der Waals surface area contributed by atoms with Crippen LogP contribution in [0.2, 0.25) is 0 Å². The predicted molar refractivity (Wildman–Crippen MR) is 146 cm³/mol. The lowest BCUT2D eigenvalue weighted by atomic mass is 9.67. The maximum absolute atomic E-state index is 14.3. The van der Waals surface area contributed by atoms with Crippen molar-refractivity contribution in [3.8, 4) is 23.7 Å². The summed E-state index contributed by atoms with van der Waals surface area (Å²) < 4.78 is 6.48. The fraction of sp³-hybridized carbons (Fsp3) is 0.562. The Balaban J connectivity index is 1.67. The van der Waals surface area contributed by atoms with Gasteiger partial charge in [-0.25, -0.2) is 0 Å². The molecule has 0 N–H and O–H groups in total. The van der Waals surface area contributed by atoms with Crippen LogP contribution in [-0.2, 0) is 16.0 Å². The number of carbonyl (C=O) groups is 2. The summed E-state index contributed by atoms with van der Waals surface area (Å²) in [6, 6.07) is 1.59. The van der Waals surface area contributed by atoms with Crippen LogP contribution in [0, 0.1) is 29.1 Å². The smallest absolute Gasteiger partial charge is 0.232 e. The normalized spacial score (nSPS) is 25.4. The Labute approximate surface area is 222 Å². The third-order valence-corrected chi connectivity index (χ3v) is 8.32. The fourth-order valence-electron chi connectivity index (χ4n) is 6.71. The standard InChI is InChI=1S/C32H40N2O3/c1-5-9-12-13-16-20-33-21-19-27-26-22-25(17-14-10-6-2)37-29(26)30-32(27,31(33)36)23-24(8-4)34(30)28(35)18-15-11-7-3/h7-8,22,24,27,30H,3-4,11-21,23H2,1-2H3/t24?,27-,30-,32-/m0/s1. The number of aryl methyl sites for hydroxylation is 1. The summed E-state index contributed by atoms with van der Waals surface area (Å²) in [6.45, 7) is 13.0. The number of hydrogen-bond acceptors (Lipinski definition) is 3. The number of nitrogens with zero attached hydrogens (tertiary/aromatic N) is 2. The van der Waals surface area contributed by atoms with Crippen molar-refractivity contribution in [3.63, 3.8) is 0 Å². The minimum atomic E-state index is -0.676.